The molecule has 0 saturated carbocycles. The maximum atomic E-state index is 10.3. The van der Waals surface area contributed by atoms with Gasteiger partial charge in [-0.25, -0.2) is 0 Å². The zero-order valence-corrected chi connectivity index (χ0v) is 13.1. The minimum absolute atomic E-state index is 0.0729. The smallest absolute Gasteiger partial charge is 0.131 e. The number of aromatic hydroxyl groups is 2. The van der Waals surface area contributed by atoms with Crippen LogP contribution in [0.1, 0.15) is 32.1 Å². The Labute approximate surface area is 136 Å². The summed E-state index contributed by atoms with van der Waals surface area (Å²) in [5.74, 6) is 1.28. The summed E-state index contributed by atoms with van der Waals surface area (Å²) >= 11 is 0. The fraction of sp³-hybridized carbons (Fsp3) is 0.368. The van der Waals surface area contributed by atoms with E-state index in [1.54, 1.807) is 24.3 Å². The van der Waals surface area contributed by atoms with Crippen molar-refractivity contribution in [1.29, 1.82) is 0 Å². The van der Waals surface area contributed by atoms with E-state index >= 15 is 0 Å². The molecule has 2 N–H and O–H groups in total. The molecule has 2 aromatic carbocycles. The van der Waals surface area contributed by atoms with Crippen molar-refractivity contribution in [3.05, 3.63) is 36.4 Å². The molecule has 4 nitrogen and oxygen atoms in total. The second kappa shape index (κ2) is 7.27. The highest BCUT2D eigenvalue weighted by Gasteiger charge is 2.20. The Kier molecular flexibility index (Phi) is 4.91. The van der Waals surface area contributed by atoms with Gasteiger partial charge in [-0.05, 0) is 37.1 Å². The molecule has 0 bridgehead atoms. The normalized spacial score (nSPS) is 15.7. The van der Waals surface area contributed by atoms with Gasteiger partial charge in [0.05, 0.1) is 24.3 Å². The lowest BCUT2D eigenvalue weighted by atomic mass is 10.0. The minimum atomic E-state index is 0.0729. The summed E-state index contributed by atoms with van der Waals surface area (Å²) in [6, 6.07) is 10.3. The number of phenols is 2. The zero-order chi connectivity index (χ0) is 16.1. The fourth-order valence-corrected chi connectivity index (χ4v) is 2.88. The highest BCUT2D eigenvalue weighted by atomic mass is 16.5. The monoisotopic (exact) mass is 314 g/mol. The zero-order valence-electron chi connectivity index (χ0n) is 13.1. The molecule has 0 unspecified atom stereocenters. The van der Waals surface area contributed by atoms with Crippen LogP contribution in [0, 0.1) is 0 Å². The molecule has 122 valence electrons. The van der Waals surface area contributed by atoms with Gasteiger partial charge >= 0.3 is 0 Å². The molecule has 1 aliphatic heterocycles. The predicted octanol–water partition coefficient (Wildman–Crippen LogP) is 4.49. The topological polar surface area (TPSA) is 58.9 Å². The minimum Gasteiger partial charge on any atom is -0.507 e. The van der Waals surface area contributed by atoms with Gasteiger partial charge in [-0.1, -0.05) is 31.4 Å². The predicted molar refractivity (Wildman–Crippen MR) is 89.3 cm³/mol. The third-order valence-electron chi connectivity index (χ3n) is 4.06. The third-order valence-corrected chi connectivity index (χ3v) is 4.06. The Morgan fingerprint density at radius 3 is 1.52 bits per heavy atom. The molecule has 0 aliphatic carbocycles. The van der Waals surface area contributed by atoms with Gasteiger partial charge in [0, 0.05) is 0 Å². The molecule has 0 radical (unpaired) electrons. The SMILES string of the molecule is Oc1cccc2c1-c1c(O)cccc1OCCCCCCCO2. The molecule has 0 amide bonds. The molecular formula is C19H22O4. The first kappa shape index (κ1) is 15.5. The fourth-order valence-electron chi connectivity index (χ4n) is 2.88. The second-order valence-corrected chi connectivity index (χ2v) is 5.77. The molecule has 0 fully saturated rings. The Hall–Kier alpha value is -2.36. The lowest BCUT2D eigenvalue weighted by molar-refractivity contribution is 0.298. The van der Waals surface area contributed by atoms with Crippen LogP contribution in [0.2, 0.25) is 0 Å². The molecule has 4 heteroatoms. The molecule has 0 saturated heterocycles. The first-order chi connectivity index (χ1) is 11.3. The average Bonchev–Trinajstić information content (AvgIpc) is 2.56. The number of ether oxygens (including phenoxy) is 2. The van der Waals surface area contributed by atoms with E-state index in [0.717, 1.165) is 32.1 Å². The van der Waals surface area contributed by atoms with Gasteiger partial charge in [-0.15, -0.1) is 0 Å². The third kappa shape index (κ3) is 3.52. The van der Waals surface area contributed by atoms with Gasteiger partial charge in [0.2, 0.25) is 0 Å². The van der Waals surface area contributed by atoms with Crippen molar-refractivity contribution in [1.82, 2.24) is 0 Å². The number of hydrogen-bond acceptors (Lipinski definition) is 4. The average molecular weight is 314 g/mol. The molecule has 23 heavy (non-hydrogen) atoms. The highest BCUT2D eigenvalue weighted by molar-refractivity contribution is 5.85. The molecule has 1 aliphatic rings. The van der Waals surface area contributed by atoms with Crippen molar-refractivity contribution < 1.29 is 19.7 Å². The van der Waals surface area contributed by atoms with E-state index in [-0.39, 0.29) is 11.5 Å². The van der Waals surface area contributed by atoms with Gasteiger partial charge < -0.3 is 19.7 Å². The highest BCUT2D eigenvalue weighted by Crippen LogP contribution is 2.46. The van der Waals surface area contributed by atoms with E-state index in [1.165, 1.54) is 0 Å². The van der Waals surface area contributed by atoms with Gasteiger partial charge in [-0.3, -0.25) is 0 Å². The van der Waals surface area contributed by atoms with Crippen molar-refractivity contribution in [2.45, 2.75) is 32.1 Å². The van der Waals surface area contributed by atoms with Crippen LogP contribution >= 0.6 is 0 Å². The molecule has 0 aromatic heterocycles. The van der Waals surface area contributed by atoms with Crippen LogP contribution < -0.4 is 9.47 Å². The van der Waals surface area contributed by atoms with Crippen molar-refractivity contribution in [2.24, 2.45) is 0 Å². The largest absolute Gasteiger partial charge is 0.507 e. The van der Waals surface area contributed by atoms with Crippen molar-refractivity contribution in [3.8, 4) is 34.1 Å². The maximum absolute atomic E-state index is 10.3. The van der Waals surface area contributed by atoms with Crippen LogP contribution in [-0.2, 0) is 0 Å². The van der Waals surface area contributed by atoms with E-state index in [2.05, 4.69) is 0 Å². The Morgan fingerprint density at radius 1 is 0.609 bits per heavy atom. The Balaban J connectivity index is 2.09. The van der Waals surface area contributed by atoms with Crippen LogP contribution in [0.15, 0.2) is 36.4 Å². The Morgan fingerprint density at radius 2 is 1.04 bits per heavy atom. The van der Waals surface area contributed by atoms with E-state index in [1.807, 2.05) is 12.1 Å². The van der Waals surface area contributed by atoms with Gasteiger partial charge in [-0.2, -0.15) is 0 Å². The van der Waals surface area contributed by atoms with Crippen molar-refractivity contribution in [2.75, 3.05) is 13.2 Å². The van der Waals surface area contributed by atoms with Crippen LogP contribution in [0.25, 0.3) is 11.1 Å². The van der Waals surface area contributed by atoms with Crippen LogP contribution in [-0.4, -0.2) is 23.4 Å². The lowest BCUT2D eigenvalue weighted by Gasteiger charge is -2.17. The van der Waals surface area contributed by atoms with Gasteiger partial charge in [0.1, 0.15) is 23.0 Å². The van der Waals surface area contributed by atoms with E-state index in [9.17, 15) is 10.2 Å². The van der Waals surface area contributed by atoms with Crippen molar-refractivity contribution >= 4 is 0 Å². The van der Waals surface area contributed by atoms with Gasteiger partial charge in [0.25, 0.3) is 0 Å². The van der Waals surface area contributed by atoms with Crippen LogP contribution in [0.5, 0.6) is 23.0 Å². The van der Waals surface area contributed by atoms with E-state index in [4.69, 9.17) is 9.47 Å². The summed E-state index contributed by atoms with van der Waals surface area (Å²) in [5.41, 5.74) is 0.972. The first-order valence-electron chi connectivity index (χ1n) is 8.17. The number of rotatable bonds is 0. The number of hydrogen-bond donors (Lipinski definition) is 2. The number of phenolic OH excluding ortho intramolecular Hbond substituents is 2. The Bertz CT molecular complexity index is 609. The molecule has 1 heterocycles. The van der Waals surface area contributed by atoms with Crippen LogP contribution in [0.4, 0.5) is 0 Å². The summed E-state index contributed by atoms with van der Waals surface area (Å²) in [7, 11) is 0. The molecule has 3 rings (SSSR count). The number of fused-ring (bicyclic) bond motifs is 3. The molecule has 2 aromatic rings. The second-order valence-electron chi connectivity index (χ2n) is 5.77. The maximum Gasteiger partial charge on any atom is 0.131 e. The summed E-state index contributed by atoms with van der Waals surface area (Å²) < 4.78 is 11.7. The first-order valence-corrected chi connectivity index (χ1v) is 8.17. The molecular weight excluding hydrogens is 292 g/mol. The molecule has 0 spiro atoms. The molecule has 0 atom stereocenters. The summed E-state index contributed by atoms with van der Waals surface area (Å²) in [6.45, 7) is 1.19. The van der Waals surface area contributed by atoms with E-state index < -0.39 is 0 Å². The summed E-state index contributed by atoms with van der Waals surface area (Å²) in [4.78, 5) is 0. The summed E-state index contributed by atoms with van der Waals surface area (Å²) in [6.07, 6.45) is 5.35. The number of benzene rings is 2. The standard InChI is InChI=1S/C19H22O4/c20-14-8-6-10-16-18(14)19-15(21)9-7-11-17(19)23-13-5-3-1-2-4-12-22-16/h6-11,20-21H,1-5,12-13H2. The van der Waals surface area contributed by atoms with Crippen molar-refractivity contribution in [3.63, 3.8) is 0 Å². The summed E-state index contributed by atoms with van der Waals surface area (Å²) in [5, 5.41) is 20.7. The van der Waals surface area contributed by atoms with E-state index in [0.29, 0.717) is 35.8 Å². The quantitative estimate of drug-likeness (QED) is 0.752. The van der Waals surface area contributed by atoms with Crippen LogP contribution in [0.3, 0.4) is 0 Å². The lowest BCUT2D eigenvalue weighted by Crippen LogP contribution is -2.00. The van der Waals surface area contributed by atoms with Gasteiger partial charge in [0.15, 0.2) is 0 Å².